The number of likely N-dealkylation sites (tertiary alicyclic amines) is 1. The number of nitrogens with one attached hydrogen (secondary N) is 2. The van der Waals surface area contributed by atoms with Crippen LogP contribution in [0.2, 0.25) is 0 Å². The first-order valence-electron chi connectivity index (χ1n) is 14.8. The van der Waals surface area contributed by atoms with Gasteiger partial charge in [-0.1, -0.05) is 57.0 Å². The minimum Gasteiger partial charge on any atom is -0.497 e. The van der Waals surface area contributed by atoms with Gasteiger partial charge >= 0.3 is 0 Å². The average Bonchev–Trinajstić information content (AvgIpc) is 3.63. The molecule has 9 heteroatoms. The van der Waals surface area contributed by atoms with Crippen LogP contribution in [0.25, 0.3) is 0 Å². The van der Waals surface area contributed by atoms with E-state index in [1.807, 2.05) is 66.9 Å². The molecule has 3 heterocycles. The summed E-state index contributed by atoms with van der Waals surface area (Å²) in [7, 11) is 1.60. The fraction of sp³-hybridized carbons (Fsp3) is 0.485. The van der Waals surface area contributed by atoms with Gasteiger partial charge in [-0.15, -0.1) is 11.8 Å². The molecule has 0 radical (unpaired) electrons. The third-order valence-electron chi connectivity index (χ3n) is 9.78. The molecule has 0 aromatic heterocycles. The van der Waals surface area contributed by atoms with E-state index in [0.29, 0.717) is 23.3 Å². The SMILES string of the molecule is COc1cccc(CN2C(=O)[C@@H]3[C@H](C(=O)Nc4cccc(SC)c4)[C@@H]4C=C[C@@]3(O4)[C@@H]2C(=O)N[C@@H]2CCC[C@H](C)[C@H]2C)c1. The van der Waals surface area contributed by atoms with Crippen LogP contribution in [-0.2, 0) is 25.7 Å². The fourth-order valence-electron chi connectivity index (χ4n) is 7.38. The number of nitrogens with zero attached hydrogens (tertiary/aromatic N) is 1. The van der Waals surface area contributed by atoms with Crippen LogP contribution >= 0.6 is 11.8 Å². The maximum Gasteiger partial charge on any atom is 0.246 e. The third kappa shape index (κ3) is 4.90. The van der Waals surface area contributed by atoms with Crippen LogP contribution in [0, 0.1) is 23.7 Å². The van der Waals surface area contributed by atoms with E-state index in [-0.39, 0.29) is 30.3 Å². The molecule has 3 aliphatic heterocycles. The lowest BCUT2D eigenvalue weighted by Crippen LogP contribution is -2.57. The van der Waals surface area contributed by atoms with Crippen molar-refractivity contribution >= 4 is 35.2 Å². The summed E-state index contributed by atoms with van der Waals surface area (Å²) in [6.45, 7) is 4.62. The van der Waals surface area contributed by atoms with E-state index >= 15 is 0 Å². The summed E-state index contributed by atoms with van der Waals surface area (Å²) in [6, 6.07) is 14.3. The molecule has 6 rings (SSSR count). The van der Waals surface area contributed by atoms with Crippen molar-refractivity contribution in [3.63, 3.8) is 0 Å². The molecule has 3 amide bonds. The van der Waals surface area contributed by atoms with Gasteiger partial charge < -0.3 is 25.0 Å². The van der Waals surface area contributed by atoms with Gasteiger partial charge in [0.1, 0.15) is 17.4 Å². The Labute approximate surface area is 251 Å². The van der Waals surface area contributed by atoms with Crippen LogP contribution in [0.15, 0.2) is 65.6 Å². The molecule has 2 N–H and O–H groups in total. The fourth-order valence-corrected chi connectivity index (χ4v) is 7.84. The molecule has 1 spiro atoms. The molecule has 0 unspecified atom stereocenters. The quantitative estimate of drug-likeness (QED) is 0.344. The van der Waals surface area contributed by atoms with Gasteiger partial charge in [-0.2, -0.15) is 0 Å². The number of ether oxygens (including phenoxy) is 2. The summed E-state index contributed by atoms with van der Waals surface area (Å²) in [5, 5.41) is 6.33. The number of hydrogen-bond donors (Lipinski definition) is 2. The Kier molecular flexibility index (Phi) is 7.83. The summed E-state index contributed by atoms with van der Waals surface area (Å²) in [6.07, 6.45) is 8.23. The summed E-state index contributed by atoms with van der Waals surface area (Å²) in [4.78, 5) is 45.0. The molecule has 2 saturated heterocycles. The van der Waals surface area contributed by atoms with E-state index in [1.165, 1.54) is 0 Å². The maximum atomic E-state index is 14.3. The van der Waals surface area contributed by atoms with Crippen molar-refractivity contribution in [1.82, 2.24) is 10.2 Å². The second kappa shape index (κ2) is 11.4. The normalized spacial score (nSPS) is 33.0. The third-order valence-corrected chi connectivity index (χ3v) is 10.5. The minimum absolute atomic E-state index is 0.0239. The highest BCUT2D eigenvalue weighted by molar-refractivity contribution is 7.98. The molecule has 42 heavy (non-hydrogen) atoms. The van der Waals surface area contributed by atoms with Gasteiger partial charge in [-0.3, -0.25) is 14.4 Å². The van der Waals surface area contributed by atoms with E-state index in [0.717, 1.165) is 29.7 Å². The standard InChI is InChI=1S/C33H39N3O5S/c1-19-8-5-13-25(20(19)2)35-31(38)29-33-15-14-26(41-33)27(30(37)34-22-10-7-12-24(17-22)42-4)28(33)32(39)36(29)18-21-9-6-11-23(16-21)40-3/h6-7,9-12,14-17,19-20,25-29H,5,8,13,18H2,1-4H3,(H,34,37)(H,35,38)/t19-,20+,25+,26-,27+,28-,29-,33-/m0/s1. The molecule has 3 fully saturated rings. The molecule has 8 atom stereocenters. The molecular weight excluding hydrogens is 550 g/mol. The lowest BCUT2D eigenvalue weighted by Gasteiger charge is -2.38. The predicted molar refractivity (Wildman–Crippen MR) is 162 cm³/mol. The number of rotatable bonds is 8. The number of thioether (sulfide) groups is 1. The van der Waals surface area contributed by atoms with Gasteiger partial charge in [-0.25, -0.2) is 0 Å². The molecule has 2 bridgehead atoms. The number of amides is 3. The molecule has 222 valence electrons. The molecular formula is C33H39N3O5S. The number of carbonyl (C=O) groups excluding carboxylic acids is 3. The van der Waals surface area contributed by atoms with Crippen molar-refractivity contribution in [2.45, 2.75) is 68.3 Å². The van der Waals surface area contributed by atoms with Crippen molar-refractivity contribution in [3.05, 3.63) is 66.2 Å². The van der Waals surface area contributed by atoms with E-state index in [4.69, 9.17) is 9.47 Å². The molecule has 1 aliphatic carbocycles. The van der Waals surface area contributed by atoms with E-state index in [1.54, 1.807) is 23.8 Å². The highest BCUT2D eigenvalue weighted by Gasteiger charge is 2.72. The van der Waals surface area contributed by atoms with Gasteiger partial charge in [0.15, 0.2) is 0 Å². The second-order valence-electron chi connectivity index (χ2n) is 12.1. The van der Waals surface area contributed by atoms with Crippen molar-refractivity contribution in [2.75, 3.05) is 18.7 Å². The summed E-state index contributed by atoms with van der Waals surface area (Å²) < 4.78 is 11.9. The summed E-state index contributed by atoms with van der Waals surface area (Å²) >= 11 is 1.59. The van der Waals surface area contributed by atoms with Crippen LogP contribution < -0.4 is 15.4 Å². The Morgan fingerprint density at radius 1 is 1.12 bits per heavy atom. The number of benzene rings is 2. The highest BCUT2D eigenvalue weighted by atomic mass is 32.2. The van der Waals surface area contributed by atoms with Crippen LogP contribution in [0.4, 0.5) is 5.69 Å². The monoisotopic (exact) mass is 589 g/mol. The summed E-state index contributed by atoms with van der Waals surface area (Å²) in [5.74, 6) is -0.798. The molecule has 2 aromatic carbocycles. The Balaban J connectivity index is 1.33. The molecule has 8 nitrogen and oxygen atoms in total. The molecule has 2 aromatic rings. The lowest BCUT2D eigenvalue weighted by atomic mass is 9.73. The van der Waals surface area contributed by atoms with Crippen molar-refractivity contribution in [3.8, 4) is 5.75 Å². The number of carbonyl (C=O) groups is 3. The smallest absolute Gasteiger partial charge is 0.246 e. The number of methoxy groups -OCH3 is 1. The zero-order chi connectivity index (χ0) is 29.6. The molecule has 4 aliphatic rings. The average molecular weight is 590 g/mol. The van der Waals surface area contributed by atoms with Crippen LogP contribution in [0.5, 0.6) is 5.75 Å². The topological polar surface area (TPSA) is 97.0 Å². The Bertz CT molecular complexity index is 1410. The first-order valence-corrected chi connectivity index (χ1v) is 16.0. The van der Waals surface area contributed by atoms with Gasteiger partial charge in [-0.05, 0) is 60.4 Å². The van der Waals surface area contributed by atoms with Crippen molar-refractivity contribution in [1.29, 1.82) is 0 Å². The molecule has 1 saturated carbocycles. The number of anilines is 1. The number of fused-ring (bicyclic) bond motifs is 1. The lowest BCUT2D eigenvalue weighted by molar-refractivity contribution is -0.142. The number of hydrogen-bond acceptors (Lipinski definition) is 6. The van der Waals surface area contributed by atoms with E-state index < -0.39 is 29.6 Å². The van der Waals surface area contributed by atoms with Crippen LogP contribution in [0.3, 0.4) is 0 Å². The minimum atomic E-state index is -1.21. The van der Waals surface area contributed by atoms with Crippen LogP contribution in [-0.4, -0.2) is 59.8 Å². The summed E-state index contributed by atoms with van der Waals surface area (Å²) in [5.41, 5.74) is 0.295. The largest absolute Gasteiger partial charge is 0.497 e. The van der Waals surface area contributed by atoms with Crippen molar-refractivity contribution in [2.24, 2.45) is 23.7 Å². The first-order chi connectivity index (χ1) is 20.3. The van der Waals surface area contributed by atoms with Crippen LogP contribution in [0.1, 0.15) is 38.7 Å². The maximum absolute atomic E-state index is 14.3. The Morgan fingerprint density at radius 2 is 1.93 bits per heavy atom. The zero-order valence-corrected chi connectivity index (χ0v) is 25.4. The first kappa shape index (κ1) is 28.8. The Morgan fingerprint density at radius 3 is 2.71 bits per heavy atom. The second-order valence-corrected chi connectivity index (χ2v) is 13.0. The van der Waals surface area contributed by atoms with E-state index in [9.17, 15) is 14.4 Å². The van der Waals surface area contributed by atoms with Gasteiger partial charge in [0.2, 0.25) is 17.7 Å². The van der Waals surface area contributed by atoms with Gasteiger partial charge in [0.05, 0.1) is 25.0 Å². The zero-order valence-electron chi connectivity index (χ0n) is 24.5. The highest BCUT2D eigenvalue weighted by Crippen LogP contribution is 2.55. The van der Waals surface area contributed by atoms with Gasteiger partial charge in [0, 0.05) is 23.2 Å². The van der Waals surface area contributed by atoms with Gasteiger partial charge in [0.25, 0.3) is 0 Å². The van der Waals surface area contributed by atoms with E-state index in [2.05, 4.69) is 24.5 Å². The van der Waals surface area contributed by atoms with Crippen molar-refractivity contribution < 1.29 is 23.9 Å². The predicted octanol–water partition coefficient (Wildman–Crippen LogP) is 4.65. The Hall–Kier alpha value is -3.30.